The number of aryl methyl sites for hydroxylation is 1. The Hall–Kier alpha value is -2.49. The van der Waals surface area contributed by atoms with E-state index in [1.54, 1.807) is 6.92 Å². The lowest BCUT2D eigenvalue weighted by Gasteiger charge is -2.08. The Bertz CT molecular complexity index is 772. The Morgan fingerprint density at radius 2 is 1.92 bits per heavy atom. The van der Waals surface area contributed by atoms with Crippen molar-refractivity contribution in [3.8, 4) is 0 Å². The monoisotopic (exact) mass is 374 g/mol. The zero-order valence-corrected chi connectivity index (χ0v) is 14.0. The molecule has 0 unspecified atom stereocenters. The lowest BCUT2D eigenvalue weighted by molar-refractivity contribution is -0.0328. The Balaban J connectivity index is 2.15. The quantitative estimate of drug-likeness (QED) is 0.629. The molecule has 1 aromatic heterocycles. The van der Waals surface area contributed by atoms with Crippen LogP contribution >= 0.6 is 11.8 Å². The van der Waals surface area contributed by atoms with Crippen molar-refractivity contribution in [2.45, 2.75) is 24.3 Å². The Kier molecular flexibility index (Phi) is 5.73. The van der Waals surface area contributed by atoms with Gasteiger partial charge in [-0.15, -0.1) is 0 Å². The van der Waals surface area contributed by atoms with Gasteiger partial charge in [-0.3, -0.25) is 4.79 Å². The van der Waals surface area contributed by atoms with Crippen LogP contribution in [0.3, 0.4) is 0 Å². The van der Waals surface area contributed by atoms with Crippen LogP contribution in [-0.4, -0.2) is 29.1 Å². The van der Waals surface area contributed by atoms with E-state index >= 15 is 0 Å². The molecule has 0 radical (unpaired) electrons. The third-order valence-corrected chi connectivity index (χ3v) is 3.64. The fourth-order valence-electron chi connectivity index (χ4n) is 1.91. The van der Waals surface area contributed by atoms with Crippen LogP contribution in [0.5, 0.6) is 0 Å². The van der Waals surface area contributed by atoms with Crippen molar-refractivity contribution in [2.75, 3.05) is 11.9 Å². The predicted molar refractivity (Wildman–Crippen MR) is 83.5 cm³/mol. The summed E-state index contributed by atoms with van der Waals surface area (Å²) in [6, 6.07) is 5.08. The number of carbonyl (C=O) groups is 2. The molecule has 1 aromatic carbocycles. The van der Waals surface area contributed by atoms with Gasteiger partial charge in [-0.2, -0.15) is 13.2 Å². The number of nitrogens with one attached hydrogen (secondary N) is 1. The highest BCUT2D eigenvalue weighted by Gasteiger charge is 2.29. The van der Waals surface area contributed by atoms with Crippen LogP contribution in [0.25, 0.3) is 0 Å². The number of ether oxygens (including phenoxy) is 1. The van der Waals surface area contributed by atoms with Gasteiger partial charge in [-0.1, -0.05) is 5.16 Å². The van der Waals surface area contributed by atoms with Gasteiger partial charge in [0, 0.05) is 10.6 Å². The summed E-state index contributed by atoms with van der Waals surface area (Å²) in [5, 5.41) is 5.99. The summed E-state index contributed by atoms with van der Waals surface area (Å²) in [6.45, 7) is 3.16. The SMILES string of the molecule is CCOC(=O)c1noc(C)c1C(=O)Nc1ccc(SC(F)(F)F)cc1. The molecule has 134 valence electrons. The number of halogens is 3. The third-order valence-electron chi connectivity index (χ3n) is 2.90. The molecule has 0 saturated carbocycles. The van der Waals surface area contributed by atoms with Crippen molar-refractivity contribution in [3.05, 3.63) is 41.3 Å². The van der Waals surface area contributed by atoms with Crippen LogP contribution in [0.1, 0.15) is 33.5 Å². The number of aromatic nitrogens is 1. The summed E-state index contributed by atoms with van der Waals surface area (Å²) in [6.07, 6.45) is 0. The van der Waals surface area contributed by atoms with Crippen molar-refractivity contribution >= 4 is 29.3 Å². The summed E-state index contributed by atoms with van der Waals surface area (Å²) in [7, 11) is 0. The molecule has 6 nitrogen and oxygen atoms in total. The van der Waals surface area contributed by atoms with Gasteiger partial charge >= 0.3 is 11.5 Å². The van der Waals surface area contributed by atoms with Crippen LogP contribution in [0, 0.1) is 6.92 Å². The summed E-state index contributed by atoms with van der Waals surface area (Å²) < 4.78 is 46.5. The number of alkyl halides is 3. The average Bonchev–Trinajstić information content (AvgIpc) is 2.90. The normalized spacial score (nSPS) is 11.2. The highest BCUT2D eigenvalue weighted by Crippen LogP contribution is 2.37. The number of carbonyl (C=O) groups excluding carboxylic acids is 2. The maximum atomic E-state index is 12.3. The third kappa shape index (κ3) is 4.99. The first-order chi connectivity index (χ1) is 11.7. The minimum Gasteiger partial charge on any atom is -0.461 e. The second kappa shape index (κ2) is 7.60. The number of anilines is 1. The summed E-state index contributed by atoms with van der Waals surface area (Å²) in [4.78, 5) is 24.1. The zero-order chi connectivity index (χ0) is 18.6. The number of amides is 1. The van der Waals surface area contributed by atoms with Gasteiger partial charge in [-0.25, -0.2) is 4.79 Å². The first kappa shape index (κ1) is 18.8. The highest BCUT2D eigenvalue weighted by molar-refractivity contribution is 8.00. The standard InChI is InChI=1S/C15H13F3N2O4S/c1-3-23-14(22)12-11(8(2)24-20-12)13(21)19-9-4-6-10(7-5-9)25-15(16,17)18/h4-7H,3H2,1-2H3,(H,19,21). The molecule has 0 aliphatic rings. The molecule has 1 N–H and O–H groups in total. The number of benzene rings is 1. The second-order valence-corrected chi connectivity index (χ2v) is 5.85. The van der Waals surface area contributed by atoms with Crippen LogP contribution < -0.4 is 5.32 Å². The molecule has 1 heterocycles. The molecule has 25 heavy (non-hydrogen) atoms. The van der Waals surface area contributed by atoms with E-state index in [0.29, 0.717) is 0 Å². The Morgan fingerprint density at radius 1 is 1.28 bits per heavy atom. The van der Waals surface area contributed by atoms with Crippen LogP contribution in [-0.2, 0) is 4.74 Å². The van der Waals surface area contributed by atoms with E-state index in [1.165, 1.54) is 31.2 Å². The predicted octanol–water partition coefficient (Wildman–Crippen LogP) is 4.02. The molecule has 1 amide bonds. The molecule has 0 spiro atoms. The van der Waals surface area contributed by atoms with Crippen molar-refractivity contribution in [3.63, 3.8) is 0 Å². The van der Waals surface area contributed by atoms with E-state index in [1.807, 2.05) is 0 Å². The summed E-state index contributed by atoms with van der Waals surface area (Å²) in [5.74, 6) is -1.37. The minimum absolute atomic E-state index is 0.0149. The number of nitrogens with zero attached hydrogens (tertiary/aromatic N) is 1. The summed E-state index contributed by atoms with van der Waals surface area (Å²) >= 11 is -0.259. The molecule has 0 aliphatic carbocycles. The average molecular weight is 374 g/mol. The minimum atomic E-state index is -4.39. The van der Waals surface area contributed by atoms with Crippen molar-refractivity contribution < 1.29 is 32.0 Å². The first-order valence-electron chi connectivity index (χ1n) is 7.02. The van der Waals surface area contributed by atoms with Crippen LogP contribution in [0.15, 0.2) is 33.7 Å². The van der Waals surface area contributed by atoms with E-state index in [0.717, 1.165) is 0 Å². The van der Waals surface area contributed by atoms with E-state index in [-0.39, 0.29) is 46.0 Å². The van der Waals surface area contributed by atoms with E-state index in [4.69, 9.17) is 9.26 Å². The van der Waals surface area contributed by atoms with Gasteiger partial charge < -0.3 is 14.6 Å². The molecule has 0 aliphatic heterocycles. The number of rotatable bonds is 5. The molecule has 0 bridgehead atoms. The molecule has 0 atom stereocenters. The number of hydrogen-bond donors (Lipinski definition) is 1. The Morgan fingerprint density at radius 3 is 2.48 bits per heavy atom. The van der Waals surface area contributed by atoms with Gasteiger partial charge in [0.15, 0.2) is 0 Å². The number of thioether (sulfide) groups is 1. The Labute approximate surface area is 144 Å². The van der Waals surface area contributed by atoms with E-state index < -0.39 is 17.4 Å². The lowest BCUT2D eigenvalue weighted by atomic mass is 10.1. The van der Waals surface area contributed by atoms with Gasteiger partial charge in [-0.05, 0) is 49.9 Å². The van der Waals surface area contributed by atoms with E-state index in [2.05, 4.69) is 10.5 Å². The van der Waals surface area contributed by atoms with Gasteiger partial charge in [0.1, 0.15) is 11.3 Å². The molecule has 2 aromatic rings. The smallest absolute Gasteiger partial charge is 0.446 e. The molecule has 0 saturated heterocycles. The van der Waals surface area contributed by atoms with Crippen molar-refractivity contribution in [1.82, 2.24) is 5.16 Å². The topological polar surface area (TPSA) is 81.4 Å². The number of esters is 1. The first-order valence-corrected chi connectivity index (χ1v) is 7.83. The van der Waals surface area contributed by atoms with Crippen molar-refractivity contribution in [1.29, 1.82) is 0 Å². The summed E-state index contributed by atoms with van der Waals surface area (Å²) in [5.41, 5.74) is -4.49. The fraction of sp³-hybridized carbons (Fsp3) is 0.267. The molecule has 10 heteroatoms. The maximum absolute atomic E-state index is 12.3. The molecule has 2 rings (SSSR count). The second-order valence-electron chi connectivity index (χ2n) is 4.71. The molecular weight excluding hydrogens is 361 g/mol. The van der Waals surface area contributed by atoms with Gasteiger partial charge in [0.05, 0.1) is 6.61 Å². The molecule has 0 fully saturated rings. The van der Waals surface area contributed by atoms with E-state index in [9.17, 15) is 22.8 Å². The molecular formula is C15H13F3N2O4S. The highest BCUT2D eigenvalue weighted by atomic mass is 32.2. The fourth-order valence-corrected chi connectivity index (χ4v) is 2.45. The number of hydrogen-bond acceptors (Lipinski definition) is 6. The lowest BCUT2D eigenvalue weighted by Crippen LogP contribution is -2.17. The van der Waals surface area contributed by atoms with Crippen molar-refractivity contribution in [2.24, 2.45) is 0 Å². The zero-order valence-electron chi connectivity index (χ0n) is 13.1. The largest absolute Gasteiger partial charge is 0.461 e. The van der Waals surface area contributed by atoms with Crippen LogP contribution in [0.4, 0.5) is 18.9 Å². The van der Waals surface area contributed by atoms with Gasteiger partial charge in [0.2, 0.25) is 5.69 Å². The van der Waals surface area contributed by atoms with Gasteiger partial charge in [0.25, 0.3) is 5.91 Å². The van der Waals surface area contributed by atoms with Crippen LogP contribution in [0.2, 0.25) is 0 Å². The maximum Gasteiger partial charge on any atom is 0.446 e.